The van der Waals surface area contributed by atoms with Gasteiger partial charge in [0.1, 0.15) is 5.54 Å². The van der Waals surface area contributed by atoms with Crippen molar-refractivity contribution in [3.63, 3.8) is 0 Å². The summed E-state index contributed by atoms with van der Waals surface area (Å²) in [5.74, 6) is 0.155. The lowest BCUT2D eigenvalue weighted by molar-refractivity contribution is -0.134. The molecule has 1 aliphatic carbocycles. The summed E-state index contributed by atoms with van der Waals surface area (Å²) in [5.41, 5.74) is -0.434. The van der Waals surface area contributed by atoms with Crippen molar-refractivity contribution in [1.29, 1.82) is 0 Å². The van der Waals surface area contributed by atoms with Crippen molar-refractivity contribution in [3.8, 4) is 0 Å². The van der Waals surface area contributed by atoms with Crippen molar-refractivity contribution in [2.45, 2.75) is 37.6 Å². The maximum atomic E-state index is 12.1. The zero-order chi connectivity index (χ0) is 10.0. The molecule has 1 fully saturated rings. The van der Waals surface area contributed by atoms with E-state index in [9.17, 15) is 4.79 Å². The summed E-state index contributed by atoms with van der Waals surface area (Å²) in [6.45, 7) is 0. The number of hydrogen-bond acceptors (Lipinski definition) is 2. The van der Waals surface area contributed by atoms with Gasteiger partial charge in [-0.25, -0.2) is 0 Å². The molecule has 76 valence electrons. The molecule has 0 aromatic rings. The fraction of sp³-hybridized carbons (Fsp3) is 0.636. The fourth-order valence-corrected chi connectivity index (χ4v) is 2.28. The SMILES string of the molecule is CN1C=CC=NC2(CCCCC2)C1=O. The highest BCUT2D eigenvalue weighted by molar-refractivity contribution is 5.91. The van der Waals surface area contributed by atoms with Crippen LogP contribution in [0.25, 0.3) is 0 Å². The van der Waals surface area contributed by atoms with Gasteiger partial charge >= 0.3 is 0 Å². The van der Waals surface area contributed by atoms with E-state index in [1.165, 1.54) is 6.42 Å². The number of nitrogens with zero attached hydrogens (tertiary/aromatic N) is 2. The molecule has 1 spiro atoms. The number of aliphatic imine (C=N–C) groups is 1. The largest absolute Gasteiger partial charge is 0.320 e. The van der Waals surface area contributed by atoms with E-state index in [2.05, 4.69) is 4.99 Å². The van der Waals surface area contributed by atoms with Crippen molar-refractivity contribution in [3.05, 3.63) is 12.3 Å². The van der Waals surface area contributed by atoms with Crippen molar-refractivity contribution in [2.24, 2.45) is 4.99 Å². The summed E-state index contributed by atoms with van der Waals surface area (Å²) < 4.78 is 0. The van der Waals surface area contributed by atoms with Crippen LogP contribution in [0.3, 0.4) is 0 Å². The molecule has 14 heavy (non-hydrogen) atoms. The van der Waals surface area contributed by atoms with E-state index in [4.69, 9.17) is 0 Å². The average molecular weight is 192 g/mol. The molecule has 0 N–H and O–H groups in total. The van der Waals surface area contributed by atoms with E-state index < -0.39 is 5.54 Å². The van der Waals surface area contributed by atoms with Crippen LogP contribution in [-0.2, 0) is 4.79 Å². The molecule has 3 heteroatoms. The third-order valence-corrected chi connectivity index (χ3v) is 3.12. The number of rotatable bonds is 0. The predicted molar refractivity (Wildman–Crippen MR) is 56.2 cm³/mol. The van der Waals surface area contributed by atoms with Crippen molar-refractivity contribution >= 4 is 12.1 Å². The van der Waals surface area contributed by atoms with Crippen molar-refractivity contribution in [1.82, 2.24) is 4.90 Å². The second-order valence-electron chi connectivity index (χ2n) is 4.13. The Morgan fingerprint density at radius 3 is 2.79 bits per heavy atom. The van der Waals surface area contributed by atoms with Crippen LogP contribution >= 0.6 is 0 Å². The van der Waals surface area contributed by atoms with Crippen LogP contribution in [0.2, 0.25) is 0 Å². The maximum absolute atomic E-state index is 12.1. The number of hydrogen-bond donors (Lipinski definition) is 0. The smallest absolute Gasteiger partial charge is 0.254 e. The molecule has 1 aliphatic heterocycles. The molecule has 3 nitrogen and oxygen atoms in total. The van der Waals surface area contributed by atoms with Gasteiger partial charge in [0.25, 0.3) is 5.91 Å². The Morgan fingerprint density at radius 1 is 1.36 bits per heavy atom. The minimum Gasteiger partial charge on any atom is -0.320 e. The Bertz CT molecular complexity index is 288. The molecular weight excluding hydrogens is 176 g/mol. The standard InChI is InChI=1S/C11H16N2O/c1-13-9-5-8-12-11(10(13)14)6-3-2-4-7-11/h5,8-9H,2-4,6-7H2,1H3. The van der Waals surface area contributed by atoms with Gasteiger partial charge in [0, 0.05) is 19.5 Å². The van der Waals surface area contributed by atoms with Gasteiger partial charge in [0.2, 0.25) is 0 Å². The van der Waals surface area contributed by atoms with Crippen LogP contribution in [0.1, 0.15) is 32.1 Å². The normalized spacial score (nSPS) is 25.5. The van der Waals surface area contributed by atoms with E-state index in [1.807, 2.05) is 13.1 Å². The quantitative estimate of drug-likeness (QED) is 0.575. The molecule has 1 amide bonds. The molecule has 0 unspecified atom stereocenters. The van der Waals surface area contributed by atoms with Gasteiger partial charge in [-0.1, -0.05) is 19.3 Å². The Morgan fingerprint density at radius 2 is 2.07 bits per heavy atom. The lowest BCUT2D eigenvalue weighted by atomic mass is 9.81. The van der Waals surface area contributed by atoms with Crippen LogP contribution in [0.4, 0.5) is 0 Å². The molecular formula is C11H16N2O. The first-order valence-electron chi connectivity index (χ1n) is 5.24. The predicted octanol–water partition coefficient (Wildman–Crippen LogP) is 1.75. The number of amides is 1. The van der Waals surface area contributed by atoms with Crippen LogP contribution in [0, 0.1) is 0 Å². The van der Waals surface area contributed by atoms with Gasteiger partial charge in [-0.2, -0.15) is 0 Å². The highest BCUT2D eigenvalue weighted by Gasteiger charge is 2.40. The summed E-state index contributed by atoms with van der Waals surface area (Å²) in [6.07, 6.45) is 10.7. The van der Waals surface area contributed by atoms with E-state index in [0.29, 0.717) is 0 Å². The maximum Gasteiger partial charge on any atom is 0.254 e. The summed E-state index contributed by atoms with van der Waals surface area (Å²) in [6, 6.07) is 0. The first kappa shape index (κ1) is 9.44. The molecule has 2 rings (SSSR count). The fourth-order valence-electron chi connectivity index (χ4n) is 2.28. The van der Waals surface area contributed by atoms with Crippen molar-refractivity contribution in [2.75, 3.05) is 7.05 Å². The highest BCUT2D eigenvalue weighted by atomic mass is 16.2. The Hall–Kier alpha value is -1.12. The zero-order valence-corrected chi connectivity index (χ0v) is 8.57. The molecule has 0 aromatic carbocycles. The van der Waals surface area contributed by atoms with E-state index in [-0.39, 0.29) is 5.91 Å². The summed E-state index contributed by atoms with van der Waals surface area (Å²) in [7, 11) is 1.81. The lowest BCUT2D eigenvalue weighted by Gasteiger charge is -2.33. The van der Waals surface area contributed by atoms with Crippen LogP contribution in [-0.4, -0.2) is 29.6 Å². The average Bonchev–Trinajstić information content (AvgIpc) is 2.35. The molecule has 2 aliphatic rings. The highest BCUT2D eigenvalue weighted by Crippen LogP contribution is 2.33. The minimum atomic E-state index is -0.434. The molecule has 1 saturated carbocycles. The Kier molecular flexibility index (Phi) is 2.40. The van der Waals surface area contributed by atoms with E-state index in [0.717, 1.165) is 25.7 Å². The van der Waals surface area contributed by atoms with Crippen molar-refractivity contribution < 1.29 is 4.79 Å². The second kappa shape index (κ2) is 3.56. The van der Waals surface area contributed by atoms with E-state index in [1.54, 1.807) is 17.3 Å². The number of carbonyl (C=O) groups excluding carboxylic acids is 1. The van der Waals surface area contributed by atoms with Gasteiger partial charge < -0.3 is 4.90 Å². The Balaban J connectivity index is 2.27. The van der Waals surface area contributed by atoms with Gasteiger partial charge in [0.05, 0.1) is 0 Å². The van der Waals surface area contributed by atoms with Crippen LogP contribution in [0.5, 0.6) is 0 Å². The third-order valence-electron chi connectivity index (χ3n) is 3.12. The summed E-state index contributed by atoms with van der Waals surface area (Å²) in [4.78, 5) is 18.2. The molecule has 1 heterocycles. The molecule has 0 aromatic heterocycles. The van der Waals surface area contributed by atoms with E-state index >= 15 is 0 Å². The number of carbonyl (C=O) groups is 1. The summed E-state index contributed by atoms with van der Waals surface area (Å²) >= 11 is 0. The monoisotopic (exact) mass is 192 g/mol. The first-order valence-corrected chi connectivity index (χ1v) is 5.24. The van der Waals surface area contributed by atoms with Gasteiger partial charge in [0.15, 0.2) is 0 Å². The Labute approximate surface area is 84.5 Å². The summed E-state index contributed by atoms with van der Waals surface area (Å²) in [5, 5.41) is 0. The molecule has 0 bridgehead atoms. The zero-order valence-electron chi connectivity index (χ0n) is 8.57. The number of likely N-dealkylation sites (N-methyl/N-ethyl adjacent to an activating group) is 1. The molecule has 0 radical (unpaired) electrons. The van der Waals surface area contributed by atoms with Crippen LogP contribution < -0.4 is 0 Å². The first-order chi connectivity index (χ1) is 6.75. The second-order valence-corrected chi connectivity index (χ2v) is 4.13. The number of allylic oxidation sites excluding steroid dienone is 1. The lowest BCUT2D eigenvalue weighted by Crippen LogP contribution is -2.45. The topological polar surface area (TPSA) is 32.7 Å². The van der Waals surface area contributed by atoms with Gasteiger partial charge in [-0.05, 0) is 18.9 Å². The van der Waals surface area contributed by atoms with Gasteiger partial charge in [-0.15, -0.1) is 0 Å². The molecule has 0 atom stereocenters. The molecule has 0 saturated heterocycles. The minimum absolute atomic E-state index is 0.155. The third kappa shape index (κ3) is 1.47. The van der Waals surface area contributed by atoms with Gasteiger partial charge in [-0.3, -0.25) is 9.79 Å². The van der Waals surface area contributed by atoms with Crippen LogP contribution in [0.15, 0.2) is 17.3 Å².